The molecule has 0 radical (unpaired) electrons. The molecule has 0 aromatic carbocycles. The van der Waals surface area contributed by atoms with E-state index in [2.05, 4.69) is 38.3 Å². The second-order valence-corrected chi connectivity index (χ2v) is 5.66. The molecule has 3 nitrogen and oxygen atoms in total. The van der Waals surface area contributed by atoms with Crippen molar-refractivity contribution < 1.29 is 4.74 Å². The quantitative estimate of drug-likeness (QED) is 0.695. The van der Waals surface area contributed by atoms with Crippen molar-refractivity contribution in [1.82, 2.24) is 10.6 Å². The Morgan fingerprint density at radius 2 is 2.06 bits per heavy atom. The van der Waals surface area contributed by atoms with Gasteiger partial charge in [-0.05, 0) is 32.0 Å². The third-order valence-electron chi connectivity index (χ3n) is 3.92. The number of hydrogen-bond donors (Lipinski definition) is 2. The standard InChI is InChI=1S/C13H28N2O/c1-6-14-8-10(2)9-15-11-7-12(16-5)13(11,3)4/h10-12,14-15H,6-9H2,1-5H3. The van der Waals surface area contributed by atoms with Gasteiger partial charge in [0.1, 0.15) is 0 Å². The molecule has 16 heavy (non-hydrogen) atoms. The maximum atomic E-state index is 5.45. The average molecular weight is 228 g/mol. The molecule has 1 rings (SSSR count). The van der Waals surface area contributed by atoms with Gasteiger partial charge in [0.15, 0.2) is 0 Å². The van der Waals surface area contributed by atoms with Crippen molar-refractivity contribution in [1.29, 1.82) is 0 Å². The molecule has 3 heteroatoms. The van der Waals surface area contributed by atoms with Gasteiger partial charge in [-0.15, -0.1) is 0 Å². The summed E-state index contributed by atoms with van der Waals surface area (Å²) in [4.78, 5) is 0. The summed E-state index contributed by atoms with van der Waals surface area (Å²) in [5.41, 5.74) is 0.284. The molecule has 96 valence electrons. The maximum Gasteiger partial charge on any atom is 0.0652 e. The van der Waals surface area contributed by atoms with E-state index in [-0.39, 0.29) is 5.41 Å². The summed E-state index contributed by atoms with van der Waals surface area (Å²) in [7, 11) is 1.82. The van der Waals surface area contributed by atoms with Crippen LogP contribution in [0.15, 0.2) is 0 Å². The van der Waals surface area contributed by atoms with Gasteiger partial charge >= 0.3 is 0 Å². The largest absolute Gasteiger partial charge is 0.381 e. The molecule has 0 spiro atoms. The zero-order valence-corrected chi connectivity index (χ0v) is 11.5. The normalized spacial score (nSPS) is 29.8. The Morgan fingerprint density at radius 3 is 2.56 bits per heavy atom. The van der Waals surface area contributed by atoms with Crippen LogP contribution in [0.3, 0.4) is 0 Å². The lowest BCUT2D eigenvalue weighted by Gasteiger charge is -2.51. The first-order valence-electron chi connectivity index (χ1n) is 6.49. The minimum absolute atomic E-state index is 0.284. The van der Waals surface area contributed by atoms with Crippen LogP contribution in [0, 0.1) is 11.3 Å². The highest BCUT2D eigenvalue weighted by atomic mass is 16.5. The van der Waals surface area contributed by atoms with Crippen molar-refractivity contribution in [2.45, 2.75) is 46.3 Å². The SMILES string of the molecule is CCNCC(C)CNC1CC(OC)C1(C)C. The van der Waals surface area contributed by atoms with Crippen LogP contribution in [0.25, 0.3) is 0 Å². The van der Waals surface area contributed by atoms with E-state index in [1.54, 1.807) is 0 Å². The maximum absolute atomic E-state index is 5.45. The van der Waals surface area contributed by atoms with E-state index in [1.807, 2.05) is 7.11 Å². The molecule has 1 aliphatic rings. The molecule has 0 heterocycles. The van der Waals surface area contributed by atoms with E-state index >= 15 is 0 Å². The van der Waals surface area contributed by atoms with Crippen molar-refractivity contribution in [3.05, 3.63) is 0 Å². The van der Waals surface area contributed by atoms with Crippen LogP contribution in [0.4, 0.5) is 0 Å². The Bertz CT molecular complexity index is 206. The summed E-state index contributed by atoms with van der Waals surface area (Å²) in [5.74, 6) is 0.692. The molecule has 3 unspecified atom stereocenters. The van der Waals surface area contributed by atoms with E-state index in [0.717, 1.165) is 26.1 Å². The molecule has 0 aromatic rings. The first-order chi connectivity index (χ1) is 7.52. The van der Waals surface area contributed by atoms with Crippen LogP contribution in [-0.4, -0.2) is 38.9 Å². The van der Waals surface area contributed by atoms with Gasteiger partial charge in [-0.3, -0.25) is 0 Å². The van der Waals surface area contributed by atoms with Gasteiger partial charge in [-0.25, -0.2) is 0 Å². The third-order valence-corrected chi connectivity index (χ3v) is 3.92. The molecular formula is C13H28N2O. The van der Waals surface area contributed by atoms with Gasteiger partial charge in [0.25, 0.3) is 0 Å². The average Bonchev–Trinajstić information content (AvgIpc) is 2.25. The van der Waals surface area contributed by atoms with Crippen molar-refractivity contribution >= 4 is 0 Å². The molecule has 0 bridgehead atoms. The van der Waals surface area contributed by atoms with Crippen molar-refractivity contribution in [2.75, 3.05) is 26.7 Å². The number of rotatable bonds is 7. The minimum Gasteiger partial charge on any atom is -0.381 e. The van der Waals surface area contributed by atoms with Crippen LogP contribution in [0.5, 0.6) is 0 Å². The molecule has 0 amide bonds. The van der Waals surface area contributed by atoms with Crippen LogP contribution < -0.4 is 10.6 Å². The zero-order valence-electron chi connectivity index (χ0n) is 11.5. The van der Waals surface area contributed by atoms with E-state index in [4.69, 9.17) is 4.74 Å². The van der Waals surface area contributed by atoms with E-state index in [9.17, 15) is 0 Å². The summed E-state index contributed by atoms with van der Waals surface area (Å²) >= 11 is 0. The fourth-order valence-electron chi connectivity index (χ4n) is 2.44. The van der Waals surface area contributed by atoms with Crippen molar-refractivity contribution in [3.63, 3.8) is 0 Å². The number of nitrogens with one attached hydrogen (secondary N) is 2. The second-order valence-electron chi connectivity index (χ2n) is 5.66. The van der Waals surface area contributed by atoms with Crippen LogP contribution in [0.1, 0.15) is 34.1 Å². The van der Waals surface area contributed by atoms with E-state index in [1.165, 1.54) is 0 Å². The molecule has 1 aliphatic carbocycles. The smallest absolute Gasteiger partial charge is 0.0652 e. The van der Waals surface area contributed by atoms with Crippen molar-refractivity contribution in [3.8, 4) is 0 Å². The van der Waals surface area contributed by atoms with Gasteiger partial charge < -0.3 is 15.4 Å². The number of methoxy groups -OCH3 is 1. The monoisotopic (exact) mass is 228 g/mol. The summed E-state index contributed by atoms with van der Waals surface area (Å²) in [5, 5.41) is 7.05. The summed E-state index contributed by atoms with van der Waals surface area (Å²) < 4.78 is 5.45. The Hall–Kier alpha value is -0.120. The Kier molecular flexibility index (Phi) is 5.22. The predicted octanol–water partition coefficient (Wildman–Crippen LogP) is 1.64. The fourth-order valence-corrected chi connectivity index (χ4v) is 2.44. The Labute approximate surface area is 100 Å². The molecule has 1 fully saturated rings. The Balaban J connectivity index is 2.20. The summed E-state index contributed by atoms with van der Waals surface area (Å²) in [6, 6.07) is 0.613. The third kappa shape index (κ3) is 3.19. The first kappa shape index (κ1) is 13.9. The molecule has 0 aliphatic heterocycles. The van der Waals surface area contributed by atoms with Crippen LogP contribution >= 0.6 is 0 Å². The molecule has 0 aromatic heterocycles. The van der Waals surface area contributed by atoms with Gasteiger partial charge in [0.2, 0.25) is 0 Å². The molecule has 1 saturated carbocycles. The van der Waals surface area contributed by atoms with Gasteiger partial charge in [-0.2, -0.15) is 0 Å². The lowest BCUT2D eigenvalue weighted by Crippen LogP contribution is -2.61. The highest BCUT2D eigenvalue weighted by Gasteiger charge is 2.48. The van der Waals surface area contributed by atoms with Crippen LogP contribution in [-0.2, 0) is 4.74 Å². The molecular weight excluding hydrogens is 200 g/mol. The van der Waals surface area contributed by atoms with E-state index < -0.39 is 0 Å². The highest BCUT2D eigenvalue weighted by Crippen LogP contribution is 2.42. The second kappa shape index (κ2) is 5.99. The number of ether oxygens (including phenoxy) is 1. The lowest BCUT2D eigenvalue weighted by molar-refractivity contribution is -0.0979. The minimum atomic E-state index is 0.284. The van der Waals surface area contributed by atoms with E-state index in [0.29, 0.717) is 18.1 Å². The predicted molar refractivity (Wildman–Crippen MR) is 68.7 cm³/mol. The van der Waals surface area contributed by atoms with Crippen LogP contribution in [0.2, 0.25) is 0 Å². The molecule has 0 saturated heterocycles. The fraction of sp³-hybridized carbons (Fsp3) is 1.00. The topological polar surface area (TPSA) is 33.3 Å². The zero-order chi connectivity index (χ0) is 12.2. The first-order valence-corrected chi connectivity index (χ1v) is 6.49. The molecule has 3 atom stereocenters. The summed E-state index contributed by atoms with van der Waals surface area (Å²) in [6.45, 7) is 12.3. The number of hydrogen-bond acceptors (Lipinski definition) is 3. The Morgan fingerprint density at radius 1 is 1.38 bits per heavy atom. The summed E-state index contributed by atoms with van der Waals surface area (Å²) in [6.07, 6.45) is 1.58. The van der Waals surface area contributed by atoms with Gasteiger partial charge in [0.05, 0.1) is 6.10 Å². The van der Waals surface area contributed by atoms with Crippen molar-refractivity contribution in [2.24, 2.45) is 11.3 Å². The van der Waals surface area contributed by atoms with Gasteiger partial charge in [0, 0.05) is 18.6 Å². The highest BCUT2D eigenvalue weighted by molar-refractivity contribution is 5.02. The lowest BCUT2D eigenvalue weighted by atomic mass is 9.64. The van der Waals surface area contributed by atoms with Gasteiger partial charge in [-0.1, -0.05) is 27.7 Å². The molecule has 2 N–H and O–H groups in total.